The molecule has 4 N–H and O–H groups in total. The molecule has 0 fully saturated rings. The van der Waals surface area contributed by atoms with Crippen molar-refractivity contribution in [3.8, 4) is 0 Å². The van der Waals surface area contributed by atoms with E-state index in [1.54, 1.807) is 0 Å². The molecule has 3 amide bonds. The lowest BCUT2D eigenvalue weighted by atomic mass is 10.2. The highest BCUT2D eigenvalue weighted by Crippen LogP contribution is 2.10. The second-order valence-corrected chi connectivity index (χ2v) is 4.90. The Labute approximate surface area is 129 Å². The van der Waals surface area contributed by atoms with Crippen molar-refractivity contribution in [1.29, 1.82) is 0 Å². The second kappa shape index (κ2) is 8.66. The Bertz CT molecular complexity index is 528. The SMILES string of the molecule is CCC[C@H](C)NC(=O)COC(=O)c1ccc(NC(N)=O)cc1. The molecule has 22 heavy (non-hydrogen) atoms. The molecule has 1 rings (SSSR count). The molecule has 0 bridgehead atoms. The Morgan fingerprint density at radius 1 is 1.23 bits per heavy atom. The standard InChI is InChI=1S/C15H21N3O4/c1-3-4-10(2)17-13(19)9-22-14(20)11-5-7-12(8-6-11)18-15(16)21/h5-8,10H,3-4,9H2,1-2H3,(H,17,19)(H3,16,18,21)/t10-/m0/s1. The summed E-state index contributed by atoms with van der Waals surface area (Å²) in [6.45, 7) is 3.60. The number of carbonyl (C=O) groups excluding carboxylic acids is 3. The van der Waals surface area contributed by atoms with Crippen molar-refractivity contribution >= 4 is 23.6 Å². The highest BCUT2D eigenvalue weighted by atomic mass is 16.5. The number of primary amides is 1. The van der Waals surface area contributed by atoms with Crippen LogP contribution in [-0.2, 0) is 9.53 Å². The molecule has 1 aromatic carbocycles. The van der Waals surface area contributed by atoms with E-state index in [4.69, 9.17) is 10.5 Å². The number of hydrogen-bond acceptors (Lipinski definition) is 4. The van der Waals surface area contributed by atoms with Crippen molar-refractivity contribution in [2.75, 3.05) is 11.9 Å². The lowest BCUT2D eigenvalue weighted by Crippen LogP contribution is -2.35. The lowest BCUT2D eigenvalue weighted by molar-refractivity contribution is -0.124. The molecule has 7 heteroatoms. The van der Waals surface area contributed by atoms with Crippen LogP contribution in [0.2, 0.25) is 0 Å². The maximum Gasteiger partial charge on any atom is 0.338 e. The molecular formula is C15H21N3O4. The number of rotatable bonds is 7. The highest BCUT2D eigenvalue weighted by molar-refractivity contribution is 5.93. The van der Waals surface area contributed by atoms with Crippen molar-refractivity contribution in [1.82, 2.24) is 5.32 Å². The van der Waals surface area contributed by atoms with Crippen molar-refractivity contribution in [3.63, 3.8) is 0 Å². The van der Waals surface area contributed by atoms with E-state index in [1.807, 2.05) is 13.8 Å². The smallest absolute Gasteiger partial charge is 0.338 e. The first-order valence-corrected chi connectivity index (χ1v) is 7.05. The lowest BCUT2D eigenvalue weighted by Gasteiger charge is -2.12. The van der Waals surface area contributed by atoms with Crippen LogP contribution in [-0.4, -0.2) is 30.6 Å². The van der Waals surface area contributed by atoms with E-state index >= 15 is 0 Å². The van der Waals surface area contributed by atoms with Gasteiger partial charge < -0.3 is 21.1 Å². The summed E-state index contributed by atoms with van der Waals surface area (Å²) in [5.74, 6) is -0.940. The quantitative estimate of drug-likeness (QED) is 0.665. The molecule has 0 aliphatic carbocycles. The van der Waals surface area contributed by atoms with E-state index in [9.17, 15) is 14.4 Å². The second-order valence-electron chi connectivity index (χ2n) is 4.90. The van der Waals surface area contributed by atoms with Gasteiger partial charge in [0.25, 0.3) is 5.91 Å². The number of anilines is 1. The van der Waals surface area contributed by atoms with Crippen molar-refractivity contribution in [2.24, 2.45) is 5.73 Å². The van der Waals surface area contributed by atoms with Crippen LogP contribution in [0.15, 0.2) is 24.3 Å². The van der Waals surface area contributed by atoms with E-state index in [0.29, 0.717) is 5.69 Å². The van der Waals surface area contributed by atoms with Gasteiger partial charge in [-0.15, -0.1) is 0 Å². The predicted octanol–water partition coefficient (Wildman–Crippen LogP) is 1.64. The number of benzene rings is 1. The summed E-state index contributed by atoms with van der Waals surface area (Å²) in [4.78, 5) is 34.0. The average molecular weight is 307 g/mol. The van der Waals surface area contributed by atoms with E-state index in [-0.39, 0.29) is 24.1 Å². The molecule has 0 radical (unpaired) electrons. The summed E-state index contributed by atoms with van der Waals surface area (Å²) in [6, 6.07) is 5.36. The molecule has 7 nitrogen and oxygen atoms in total. The molecular weight excluding hydrogens is 286 g/mol. The Morgan fingerprint density at radius 3 is 2.41 bits per heavy atom. The zero-order chi connectivity index (χ0) is 16.5. The summed E-state index contributed by atoms with van der Waals surface area (Å²) in [6.07, 6.45) is 1.83. The third-order valence-corrected chi connectivity index (χ3v) is 2.85. The number of amides is 3. The summed E-state index contributed by atoms with van der Waals surface area (Å²) in [5, 5.41) is 5.12. The molecule has 0 saturated carbocycles. The highest BCUT2D eigenvalue weighted by Gasteiger charge is 2.12. The van der Waals surface area contributed by atoms with Crippen molar-refractivity contribution in [2.45, 2.75) is 32.7 Å². The molecule has 0 aromatic heterocycles. The summed E-state index contributed by atoms with van der Waals surface area (Å²) in [5.41, 5.74) is 5.73. The van der Waals surface area contributed by atoms with Gasteiger partial charge in [0.1, 0.15) is 0 Å². The number of hydrogen-bond donors (Lipinski definition) is 3. The van der Waals surface area contributed by atoms with Gasteiger partial charge in [0.2, 0.25) is 0 Å². The van der Waals surface area contributed by atoms with E-state index in [0.717, 1.165) is 12.8 Å². The van der Waals surface area contributed by atoms with Crippen LogP contribution >= 0.6 is 0 Å². The number of esters is 1. The Morgan fingerprint density at radius 2 is 1.86 bits per heavy atom. The van der Waals surface area contributed by atoms with Crippen LogP contribution < -0.4 is 16.4 Å². The van der Waals surface area contributed by atoms with Gasteiger partial charge in [-0.2, -0.15) is 0 Å². The molecule has 120 valence electrons. The zero-order valence-corrected chi connectivity index (χ0v) is 12.7. The minimum Gasteiger partial charge on any atom is -0.452 e. The van der Waals surface area contributed by atoms with Crippen LogP contribution in [0.25, 0.3) is 0 Å². The molecule has 0 unspecified atom stereocenters. The summed E-state index contributed by atoms with van der Waals surface area (Å²) >= 11 is 0. The maximum absolute atomic E-state index is 11.8. The molecule has 1 atom stereocenters. The first-order chi connectivity index (χ1) is 10.4. The van der Waals surface area contributed by atoms with Crippen molar-refractivity contribution < 1.29 is 19.1 Å². The van der Waals surface area contributed by atoms with Gasteiger partial charge in [0, 0.05) is 11.7 Å². The van der Waals surface area contributed by atoms with Gasteiger partial charge in [-0.1, -0.05) is 13.3 Å². The molecule has 0 aliphatic rings. The molecule has 0 aliphatic heterocycles. The fourth-order valence-electron chi connectivity index (χ4n) is 1.87. The molecule has 1 aromatic rings. The fourth-order valence-corrected chi connectivity index (χ4v) is 1.87. The first kappa shape index (κ1) is 17.5. The Balaban J connectivity index is 2.45. The minimum absolute atomic E-state index is 0.0513. The van der Waals surface area contributed by atoms with Gasteiger partial charge in [-0.25, -0.2) is 9.59 Å². The van der Waals surface area contributed by atoms with Gasteiger partial charge in [-0.3, -0.25) is 4.79 Å². The van der Waals surface area contributed by atoms with Gasteiger partial charge in [0.15, 0.2) is 6.61 Å². The van der Waals surface area contributed by atoms with E-state index in [2.05, 4.69) is 10.6 Å². The van der Waals surface area contributed by atoms with Gasteiger partial charge in [-0.05, 0) is 37.6 Å². The number of nitrogens with one attached hydrogen (secondary N) is 2. The van der Waals surface area contributed by atoms with Crippen LogP contribution in [0.4, 0.5) is 10.5 Å². The van der Waals surface area contributed by atoms with Gasteiger partial charge >= 0.3 is 12.0 Å². The first-order valence-electron chi connectivity index (χ1n) is 7.05. The van der Waals surface area contributed by atoms with E-state index < -0.39 is 12.0 Å². The van der Waals surface area contributed by atoms with Crippen LogP contribution in [0.5, 0.6) is 0 Å². The van der Waals surface area contributed by atoms with E-state index in [1.165, 1.54) is 24.3 Å². The van der Waals surface area contributed by atoms with Crippen LogP contribution in [0.1, 0.15) is 37.0 Å². The Kier molecular flexibility index (Phi) is 6.88. The number of urea groups is 1. The molecule has 0 saturated heterocycles. The maximum atomic E-state index is 11.8. The van der Waals surface area contributed by atoms with Crippen molar-refractivity contribution in [3.05, 3.63) is 29.8 Å². The fraction of sp³-hybridized carbons (Fsp3) is 0.400. The largest absolute Gasteiger partial charge is 0.452 e. The minimum atomic E-state index is -0.687. The Hall–Kier alpha value is -2.57. The monoisotopic (exact) mass is 307 g/mol. The number of nitrogens with two attached hydrogens (primary N) is 1. The third kappa shape index (κ3) is 6.25. The summed E-state index contributed by atoms with van der Waals surface area (Å²) < 4.78 is 4.93. The normalized spacial score (nSPS) is 11.4. The van der Waals surface area contributed by atoms with Gasteiger partial charge in [0.05, 0.1) is 5.56 Å². The topological polar surface area (TPSA) is 111 Å². The third-order valence-electron chi connectivity index (χ3n) is 2.85. The number of carbonyl (C=O) groups is 3. The van der Waals surface area contributed by atoms with Crippen LogP contribution in [0, 0.1) is 0 Å². The average Bonchev–Trinajstić information content (AvgIpc) is 2.45. The molecule has 0 spiro atoms. The molecule has 0 heterocycles. The zero-order valence-electron chi connectivity index (χ0n) is 12.7. The number of ether oxygens (including phenoxy) is 1. The predicted molar refractivity (Wildman–Crippen MR) is 82.4 cm³/mol. The summed E-state index contributed by atoms with van der Waals surface area (Å²) in [7, 11) is 0. The van der Waals surface area contributed by atoms with Crippen LogP contribution in [0.3, 0.4) is 0 Å².